The molecule has 2 rings (SSSR count). The second kappa shape index (κ2) is 6.06. The second-order valence-corrected chi connectivity index (χ2v) is 4.79. The summed E-state index contributed by atoms with van der Waals surface area (Å²) >= 11 is 0. The van der Waals surface area contributed by atoms with Crippen molar-refractivity contribution >= 4 is 0 Å². The first-order valence-corrected chi connectivity index (χ1v) is 6.75. The number of aliphatic hydroxyl groups excluding tert-OH is 1. The minimum absolute atomic E-state index is 0.284. The highest BCUT2D eigenvalue weighted by molar-refractivity contribution is 5.44. The first-order valence-electron chi connectivity index (χ1n) is 6.75. The highest BCUT2D eigenvalue weighted by atomic mass is 16.5. The van der Waals surface area contributed by atoms with Crippen molar-refractivity contribution in [2.45, 2.75) is 51.6 Å². The molecule has 0 radical (unpaired) electrons. The van der Waals surface area contributed by atoms with E-state index in [0.29, 0.717) is 0 Å². The van der Waals surface area contributed by atoms with E-state index in [9.17, 15) is 5.11 Å². The number of aliphatic hydroxyl groups is 1. The van der Waals surface area contributed by atoms with Crippen molar-refractivity contribution in [1.29, 1.82) is 0 Å². The van der Waals surface area contributed by atoms with Crippen LogP contribution in [-0.4, -0.2) is 11.7 Å². The Balaban J connectivity index is 1.89. The maximum absolute atomic E-state index is 9.79. The quantitative estimate of drug-likeness (QED) is 0.762. The van der Waals surface area contributed by atoms with Gasteiger partial charge in [-0.1, -0.05) is 38.3 Å². The van der Waals surface area contributed by atoms with Crippen LogP contribution in [0.2, 0.25) is 0 Å². The molecule has 0 saturated heterocycles. The molecule has 0 aromatic heterocycles. The molecule has 1 aliphatic carbocycles. The van der Waals surface area contributed by atoms with E-state index in [1.54, 1.807) is 0 Å². The van der Waals surface area contributed by atoms with Gasteiger partial charge in [0.15, 0.2) is 0 Å². The van der Waals surface area contributed by atoms with E-state index < -0.39 is 0 Å². The minimum atomic E-state index is -0.284. The lowest BCUT2D eigenvalue weighted by molar-refractivity contribution is 0.180. The predicted octanol–water partition coefficient (Wildman–Crippen LogP) is 3.63. The summed E-state index contributed by atoms with van der Waals surface area (Å²) in [5, 5.41) is 9.79. The van der Waals surface area contributed by atoms with Crippen LogP contribution in [0.3, 0.4) is 0 Å². The Bertz CT molecular complexity index is 360. The Morgan fingerprint density at radius 2 is 2.18 bits per heavy atom. The molecular formula is C15H22O2. The van der Waals surface area contributed by atoms with Crippen molar-refractivity contribution in [3.8, 4) is 5.75 Å². The Kier molecular flexibility index (Phi) is 4.43. The van der Waals surface area contributed by atoms with Crippen molar-refractivity contribution in [1.82, 2.24) is 0 Å². The largest absolute Gasteiger partial charge is 0.493 e. The summed E-state index contributed by atoms with van der Waals surface area (Å²) in [5.41, 5.74) is 2.28. The van der Waals surface area contributed by atoms with Crippen molar-refractivity contribution < 1.29 is 9.84 Å². The molecule has 1 aromatic carbocycles. The van der Waals surface area contributed by atoms with Gasteiger partial charge in [-0.15, -0.1) is 0 Å². The smallest absolute Gasteiger partial charge is 0.122 e. The lowest BCUT2D eigenvalue weighted by atomic mass is 10.1. The fraction of sp³-hybridized carbons (Fsp3) is 0.600. The molecule has 0 saturated carbocycles. The molecule has 0 aliphatic heterocycles. The third-order valence-corrected chi connectivity index (χ3v) is 3.45. The zero-order valence-corrected chi connectivity index (χ0v) is 10.6. The SMILES string of the molecule is CCCCCCOc1cccc2c1CCC2O. The lowest BCUT2D eigenvalue weighted by Gasteiger charge is -2.11. The number of ether oxygens (including phenoxy) is 1. The highest BCUT2D eigenvalue weighted by Crippen LogP contribution is 2.36. The van der Waals surface area contributed by atoms with Crippen LogP contribution in [0.25, 0.3) is 0 Å². The van der Waals surface area contributed by atoms with E-state index in [2.05, 4.69) is 6.92 Å². The van der Waals surface area contributed by atoms with Gasteiger partial charge in [0.05, 0.1) is 12.7 Å². The third-order valence-electron chi connectivity index (χ3n) is 3.45. The number of fused-ring (bicyclic) bond motifs is 1. The number of rotatable bonds is 6. The Labute approximate surface area is 104 Å². The summed E-state index contributed by atoms with van der Waals surface area (Å²) in [5.74, 6) is 0.982. The zero-order valence-electron chi connectivity index (χ0n) is 10.6. The molecule has 1 atom stereocenters. The molecule has 1 N–H and O–H groups in total. The fourth-order valence-electron chi connectivity index (χ4n) is 2.45. The van der Waals surface area contributed by atoms with Crippen LogP contribution in [0.4, 0.5) is 0 Å². The molecule has 17 heavy (non-hydrogen) atoms. The lowest BCUT2D eigenvalue weighted by Crippen LogP contribution is -2.00. The summed E-state index contributed by atoms with van der Waals surface area (Å²) in [6.07, 6.45) is 6.41. The molecular weight excluding hydrogens is 212 g/mol. The molecule has 0 heterocycles. The van der Waals surface area contributed by atoms with E-state index in [4.69, 9.17) is 4.74 Å². The minimum Gasteiger partial charge on any atom is -0.493 e. The fourth-order valence-corrected chi connectivity index (χ4v) is 2.45. The van der Waals surface area contributed by atoms with Crippen LogP contribution in [0, 0.1) is 0 Å². The Morgan fingerprint density at radius 3 is 3.00 bits per heavy atom. The van der Waals surface area contributed by atoms with Crippen LogP contribution in [0.1, 0.15) is 56.3 Å². The number of unbranched alkanes of at least 4 members (excludes halogenated alkanes) is 3. The molecule has 2 nitrogen and oxygen atoms in total. The maximum Gasteiger partial charge on any atom is 0.122 e. The van der Waals surface area contributed by atoms with Gasteiger partial charge >= 0.3 is 0 Å². The van der Waals surface area contributed by atoms with Crippen LogP contribution < -0.4 is 4.74 Å². The van der Waals surface area contributed by atoms with E-state index in [-0.39, 0.29) is 6.10 Å². The average Bonchev–Trinajstić information content (AvgIpc) is 2.72. The second-order valence-electron chi connectivity index (χ2n) is 4.79. The average molecular weight is 234 g/mol. The standard InChI is InChI=1S/C15H22O2/c1-2-3-4-5-11-17-15-8-6-7-12-13(15)9-10-14(12)16/h6-8,14,16H,2-5,9-11H2,1H3. The monoisotopic (exact) mass is 234 g/mol. The van der Waals surface area contributed by atoms with Gasteiger partial charge < -0.3 is 9.84 Å². The zero-order chi connectivity index (χ0) is 12.1. The number of benzene rings is 1. The molecule has 1 unspecified atom stereocenters. The van der Waals surface area contributed by atoms with Crippen LogP contribution in [-0.2, 0) is 6.42 Å². The molecule has 0 fully saturated rings. The summed E-state index contributed by atoms with van der Waals surface area (Å²) in [7, 11) is 0. The number of hydrogen-bond acceptors (Lipinski definition) is 2. The molecule has 0 spiro atoms. The van der Waals surface area contributed by atoms with Gasteiger partial charge in [0.25, 0.3) is 0 Å². The molecule has 94 valence electrons. The van der Waals surface area contributed by atoms with E-state index >= 15 is 0 Å². The summed E-state index contributed by atoms with van der Waals surface area (Å²) in [6, 6.07) is 6.02. The topological polar surface area (TPSA) is 29.5 Å². The normalized spacial score (nSPS) is 18.1. The van der Waals surface area contributed by atoms with Crippen molar-refractivity contribution in [2.75, 3.05) is 6.61 Å². The Morgan fingerprint density at radius 1 is 1.29 bits per heavy atom. The molecule has 1 aromatic rings. The molecule has 1 aliphatic rings. The van der Waals surface area contributed by atoms with Crippen LogP contribution in [0.5, 0.6) is 5.75 Å². The van der Waals surface area contributed by atoms with Crippen molar-refractivity contribution in [2.24, 2.45) is 0 Å². The molecule has 0 bridgehead atoms. The summed E-state index contributed by atoms with van der Waals surface area (Å²) in [6.45, 7) is 3.01. The highest BCUT2D eigenvalue weighted by Gasteiger charge is 2.22. The van der Waals surface area contributed by atoms with E-state index in [1.165, 1.54) is 24.8 Å². The first kappa shape index (κ1) is 12.4. The Hall–Kier alpha value is -1.02. The molecule has 0 amide bonds. The van der Waals surface area contributed by atoms with E-state index in [0.717, 1.165) is 37.2 Å². The van der Waals surface area contributed by atoms with Gasteiger partial charge in [-0.25, -0.2) is 0 Å². The third kappa shape index (κ3) is 3.01. The van der Waals surface area contributed by atoms with Gasteiger partial charge in [0.2, 0.25) is 0 Å². The predicted molar refractivity (Wildman–Crippen MR) is 69.4 cm³/mol. The van der Waals surface area contributed by atoms with Crippen LogP contribution >= 0.6 is 0 Å². The van der Waals surface area contributed by atoms with Gasteiger partial charge in [-0.05, 0) is 30.9 Å². The van der Waals surface area contributed by atoms with Gasteiger partial charge in [0, 0.05) is 5.56 Å². The van der Waals surface area contributed by atoms with Gasteiger partial charge in [0.1, 0.15) is 5.75 Å². The summed E-state index contributed by atoms with van der Waals surface area (Å²) < 4.78 is 5.83. The van der Waals surface area contributed by atoms with E-state index in [1.807, 2.05) is 18.2 Å². The number of hydrogen-bond donors (Lipinski definition) is 1. The first-order chi connectivity index (χ1) is 8.33. The molecule has 2 heteroatoms. The summed E-state index contributed by atoms with van der Waals surface area (Å²) in [4.78, 5) is 0. The van der Waals surface area contributed by atoms with Gasteiger partial charge in [-0.2, -0.15) is 0 Å². The van der Waals surface area contributed by atoms with Crippen LogP contribution in [0.15, 0.2) is 18.2 Å². The maximum atomic E-state index is 9.79. The van der Waals surface area contributed by atoms with Crippen molar-refractivity contribution in [3.63, 3.8) is 0 Å². The van der Waals surface area contributed by atoms with Crippen molar-refractivity contribution in [3.05, 3.63) is 29.3 Å². The van der Waals surface area contributed by atoms with Gasteiger partial charge in [-0.3, -0.25) is 0 Å².